The zero-order valence-electron chi connectivity index (χ0n) is 17.5. The summed E-state index contributed by atoms with van der Waals surface area (Å²) in [7, 11) is -0.636. The molecular weight excluding hydrogens is 456 g/mol. The standard InChI is InChI=1S/C20H21ClN6O4S/c1-24(2)32(30,31)15-9-10-17-14(12-15)6-5-11-25(17)19(28)13-26-20(29)27(23-22-26)18-8-4-3-7-16(18)21/h3-4,7-10,12H,5-6,11,13H2,1-2H3. The molecular formula is C20H21ClN6O4S. The Kier molecular flexibility index (Phi) is 5.89. The number of hydrogen-bond acceptors (Lipinski definition) is 6. The summed E-state index contributed by atoms with van der Waals surface area (Å²) in [6, 6.07) is 11.4. The number of rotatable bonds is 5. The predicted molar refractivity (Wildman–Crippen MR) is 119 cm³/mol. The van der Waals surface area contributed by atoms with Crippen LogP contribution in [0.25, 0.3) is 5.69 Å². The number of sulfonamides is 1. The maximum absolute atomic E-state index is 13.0. The van der Waals surface area contributed by atoms with Gasteiger partial charge in [-0.2, -0.15) is 9.36 Å². The molecule has 2 aromatic carbocycles. The van der Waals surface area contributed by atoms with Gasteiger partial charge in [-0.1, -0.05) is 23.7 Å². The van der Waals surface area contributed by atoms with Gasteiger partial charge in [0.05, 0.1) is 15.6 Å². The zero-order valence-corrected chi connectivity index (χ0v) is 19.0. The van der Waals surface area contributed by atoms with Crippen molar-refractivity contribution < 1.29 is 13.2 Å². The molecule has 1 amide bonds. The van der Waals surface area contributed by atoms with Crippen molar-refractivity contribution in [3.05, 3.63) is 63.5 Å². The van der Waals surface area contributed by atoms with E-state index in [2.05, 4.69) is 10.4 Å². The summed E-state index contributed by atoms with van der Waals surface area (Å²) in [5.41, 5.74) is 1.18. The highest BCUT2D eigenvalue weighted by Gasteiger charge is 2.26. The van der Waals surface area contributed by atoms with Crippen molar-refractivity contribution >= 4 is 33.2 Å². The van der Waals surface area contributed by atoms with Crippen LogP contribution >= 0.6 is 11.6 Å². The van der Waals surface area contributed by atoms with E-state index in [0.29, 0.717) is 35.8 Å². The maximum Gasteiger partial charge on any atom is 0.369 e. The van der Waals surface area contributed by atoms with Gasteiger partial charge in [-0.05, 0) is 59.2 Å². The molecule has 0 saturated carbocycles. The van der Waals surface area contributed by atoms with Gasteiger partial charge in [-0.15, -0.1) is 0 Å². The largest absolute Gasteiger partial charge is 0.369 e. The van der Waals surface area contributed by atoms with Crippen LogP contribution in [0.4, 0.5) is 5.69 Å². The van der Waals surface area contributed by atoms with Crippen LogP contribution in [0.1, 0.15) is 12.0 Å². The lowest BCUT2D eigenvalue weighted by atomic mass is 10.0. The van der Waals surface area contributed by atoms with Crippen molar-refractivity contribution in [2.45, 2.75) is 24.3 Å². The second kappa shape index (κ2) is 8.49. The van der Waals surface area contributed by atoms with Crippen LogP contribution in [0.3, 0.4) is 0 Å². The molecule has 0 aliphatic carbocycles. The van der Waals surface area contributed by atoms with Crippen LogP contribution in [0.2, 0.25) is 5.02 Å². The summed E-state index contributed by atoms with van der Waals surface area (Å²) in [6.45, 7) is 0.152. The molecule has 2 heterocycles. The predicted octanol–water partition coefficient (Wildman–Crippen LogP) is 1.31. The SMILES string of the molecule is CN(C)S(=O)(=O)c1ccc2c(c1)CCCN2C(=O)Cn1nnn(-c2ccccc2Cl)c1=O. The summed E-state index contributed by atoms with van der Waals surface area (Å²) >= 11 is 6.13. The zero-order chi connectivity index (χ0) is 23.0. The number of aromatic nitrogens is 4. The van der Waals surface area contributed by atoms with Crippen molar-refractivity contribution in [2.75, 3.05) is 25.5 Å². The number of para-hydroxylation sites is 1. The lowest BCUT2D eigenvalue weighted by Gasteiger charge is -2.30. The first kappa shape index (κ1) is 22.2. The van der Waals surface area contributed by atoms with Gasteiger partial charge in [0.25, 0.3) is 0 Å². The van der Waals surface area contributed by atoms with Gasteiger partial charge >= 0.3 is 5.69 Å². The van der Waals surface area contributed by atoms with Gasteiger partial charge < -0.3 is 4.90 Å². The van der Waals surface area contributed by atoms with E-state index in [1.54, 1.807) is 41.3 Å². The molecule has 0 spiro atoms. The molecule has 0 unspecified atom stereocenters. The highest BCUT2D eigenvalue weighted by atomic mass is 35.5. The third-order valence-electron chi connectivity index (χ3n) is 5.25. The molecule has 168 valence electrons. The Morgan fingerprint density at radius 3 is 2.59 bits per heavy atom. The van der Waals surface area contributed by atoms with Crippen molar-refractivity contribution in [2.24, 2.45) is 0 Å². The van der Waals surface area contributed by atoms with E-state index in [0.717, 1.165) is 19.2 Å². The molecule has 0 N–H and O–H groups in total. The van der Waals surface area contributed by atoms with Crippen LogP contribution in [0, 0.1) is 0 Å². The average molecular weight is 477 g/mol. The van der Waals surface area contributed by atoms with E-state index < -0.39 is 15.7 Å². The molecule has 1 aromatic heterocycles. The number of anilines is 1. The van der Waals surface area contributed by atoms with E-state index in [9.17, 15) is 18.0 Å². The van der Waals surface area contributed by atoms with E-state index in [4.69, 9.17) is 11.6 Å². The number of tetrazole rings is 1. The van der Waals surface area contributed by atoms with Crippen LogP contribution in [0.5, 0.6) is 0 Å². The molecule has 0 bridgehead atoms. The summed E-state index contributed by atoms with van der Waals surface area (Å²) in [5.74, 6) is -0.345. The maximum atomic E-state index is 13.0. The monoisotopic (exact) mass is 476 g/mol. The first-order valence-corrected chi connectivity index (χ1v) is 11.7. The third kappa shape index (κ3) is 3.94. The Morgan fingerprint density at radius 2 is 1.88 bits per heavy atom. The fourth-order valence-electron chi connectivity index (χ4n) is 3.57. The van der Waals surface area contributed by atoms with Gasteiger partial charge in [0.1, 0.15) is 6.54 Å². The topological polar surface area (TPSA) is 110 Å². The molecule has 0 saturated heterocycles. The van der Waals surface area contributed by atoms with E-state index in [-0.39, 0.29) is 17.3 Å². The number of nitrogens with zero attached hydrogens (tertiary/aromatic N) is 6. The van der Waals surface area contributed by atoms with Crippen molar-refractivity contribution in [3.63, 3.8) is 0 Å². The Balaban J connectivity index is 1.60. The average Bonchev–Trinajstić information content (AvgIpc) is 3.12. The van der Waals surface area contributed by atoms with Gasteiger partial charge in [0.2, 0.25) is 15.9 Å². The van der Waals surface area contributed by atoms with E-state index in [1.807, 2.05) is 0 Å². The van der Waals surface area contributed by atoms with Crippen molar-refractivity contribution in [3.8, 4) is 5.69 Å². The van der Waals surface area contributed by atoms with Crippen LogP contribution in [0.15, 0.2) is 52.2 Å². The molecule has 0 fully saturated rings. The van der Waals surface area contributed by atoms with Crippen LogP contribution < -0.4 is 10.6 Å². The highest BCUT2D eigenvalue weighted by molar-refractivity contribution is 7.89. The fourth-order valence-corrected chi connectivity index (χ4v) is 4.73. The Labute approximate surface area is 189 Å². The molecule has 1 aliphatic rings. The first-order chi connectivity index (χ1) is 15.2. The van der Waals surface area contributed by atoms with Crippen molar-refractivity contribution in [1.82, 2.24) is 24.1 Å². The Hall–Kier alpha value is -3.02. The minimum Gasteiger partial charge on any atom is -0.311 e. The number of halogens is 1. The Bertz CT molecular complexity index is 1350. The summed E-state index contributed by atoms with van der Waals surface area (Å²) < 4.78 is 28.0. The first-order valence-electron chi connectivity index (χ1n) is 9.83. The smallest absolute Gasteiger partial charge is 0.311 e. The summed E-state index contributed by atoms with van der Waals surface area (Å²) in [6.07, 6.45) is 1.32. The number of carbonyl (C=O) groups is 1. The van der Waals surface area contributed by atoms with E-state index >= 15 is 0 Å². The number of carbonyl (C=O) groups excluding carboxylic acids is 1. The number of amides is 1. The summed E-state index contributed by atoms with van der Waals surface area (Å²) in [5, 5.41) is 7.99. The number of benzene rings is 2. The summed E-state index contributed by atoms with van der Waals surface area (Å²) in [4.78, 5) is 27.4. The van der Waals surface area contributed by atoms with Crippen LogP contribution in [-0.4, -0.2) is 59.1 Å². The molecule has 0 atom stereocenters. The molecule has 32 heavy (non-hydrogen) atoms. The molecule has 4 rings (SSSR count). The third-order valence-corrected chi connectivity index (χ3v) is 7.38. The normalized spacial score (nSPS) is 13.9. The minimum absolute atomic E-state index is 0.175. The fraction of sp³-hybridized carbons (Fsp3) is 0.300. The number of fused-ring (bicyclic) bond motifs is 1. The molecule has 12 heteroatoms. The Morgan fingerprint density at radius 1 is 1.12 bits per heavy atom. The lowest BCUT2D eigenvalue weighted by molar-refractivity contribution is -0.119. The minimum atomic E-state index is -3.58. The van der Waals surface area contributed by atoms with Gasteiger partial charge in [-0.3, -0.25) is 4.79 Å². The van der Waals surface area contributed by atoms with Gasteiger partial charge in [0.15, 0.2) is 0 Å². The quantitative estimate of drug-likeness (QED) is 0.549. The highest BCUT2D eigenvalue weighted by Crippen LogP contribution is 2.30. The van der Waals surface area contributed by atoms with Crippen LogP contribution in [-0.2, 0) is 27.8 Å². The van der Waals surface area contributed by atoms with Crippen molar-refractivity contribution in [1.29, 1.82) is 0 Å². The molecule has 3 aromatic rings. The molecule has 0 radical (unpaired) electrons. The van der Waals surface area contributed by atoms with E-state index in [1.165, 1.54) is 20.2 Å². The lowest BCUT2D eigenvalue weighted by Crippen LogP contribution is -2.40. The van der Waals surface area contributed by atoms with Gasteiger partial charge in [0, 0.05) is 26.3 Å². The number of hydrogen-bond donors (Lipinski definition) is 0. The molecule has 1 aliphatic heterocycles. The second-order valence-electron chi connectivity index (χ2n) is 7.51. The second-order valence-corrected chi connectivity index (χ2v) is 10.1. The number of aryl methyl sites for hydroxylation is 1. The molecule has 10 nitrogen and oxygen atoms in total. The van der Waals surface area contributed by atoms with Gasteiger partial charge in [-0.25, -0.2) is 17.5 Å².